The third-order valence-corrected chi connectivity index (χ3v) is 4.92. The zero-order chi connectivity index (χ0) is 19.2. The molecule has 0 aliphatic carbocycles. The first-order chi connectivity index (χ1) is 13.1. The summed E-state index contributed by atoms with van der Waals surface area (Å²) in [6, 6.07) is 14.7. The maximum absolute atomic E-state index is 12.6. The van der Waals surface area contributed by atoms with Gasteiger partial charge in [-0.1, -0.05) is 24.3 Å². The Balaban J connectivity index is 0.00000280. The molecule has 1 aliphatic rings. The molecule has 6 nitrogen and oxygen atoms in total. The van der Waals surface area contributed by atoms with Crippen molar-refractivity contribution in [2.45, 2.75) is 19.3 Å². The molecular formula is C21H26ClN3O3. The Bertz CT molecular complexity index is 803. The molecule has 1 aliphatic heterocycles. The van der Waals surface area contributed by atoms with Gasteiger partial charge in [0.25, 0.3) is 0 Å². The highest BCUT2D eigenvalue weighted by molar-refractivity contribution is 5.94. The molecule has 3 N–H and O–H groups in total. The SMILES string of the molecule is COc1ccccc1NC(=O)C1CCN(C(=O)Cc2ccc(N)cc2)CC1.Cl. The van der Waals surface area contributed by atoms with Crippen molar-refractivity contribution in [2.75, 3.05) is 31.2 Å². The first kappa shape index (κ1) is 21.6. The number of hydrogen-bond donors (Lipinski definition) is 2. The van der Waals surface area contributed by atoms with Gasteiger partial charge >= 0.3 is 0 Å². The number of nitrogens with one attached hydrogen (secondary N) is 1. The van der Waals surface area contributed by atoms with Gasteiger partial charge in [-0.05, 0) is 42.7 Å². The summed E-state index contributed by atoms with van der Waals surface area (Å²) >= 11 is 0. The molecule has 28 heavy (non-hydrogen) atoms. The van der Waals surface area contributed by atoms with Gasteiger partial charge in [-0.3, -0.25) is 9.59 Å². The molecular weight excluding hydrogens is 378 g/mol. The quantitative estimate of drug-likeness (QED) is 0.751. The molecule has 0 bridgehead atoms. The van der Waals surface area contributed by atoms with Crippen molar-refractivity contribution in [1.82, 2.24) is 4.90 Å². The van der Waals surface area contributed by atoms with Crippen LogP contribution in [0.4, 0.5) is 11.4 Å². The topological polar surface area (TPSA) is 84.7 Å². The lowest BCUT2D eigenvalue weighted by Crippen LogP contribution is -2.42. The Morgan fingerprint density at radius 3 is 2.39 bits per heavy atom. The second kappa shape index (κ2) is 9.99. The Morgan fingerprint density at radius 1 is 1.11 bits per heavy atom. The highest BCUT2D eigenvalue weighted by atomic mass is 35.5. The maximum Gasteiger partial charge on any atom is 0.227 e. The molecule has 150 valence electrons. The molecule has 0 spiro atoms. The summed E-state index contributed by atoms with van der Waals surface area (Å²) in [4.78, 5) is 26.9. The van der Waals surface area contributed by atoms with E-state index in [2.05, 4.69) is 5.32 Å². The Hall–Kier alpha value is -2.73. The number of para-hydroxylation sites is 2. The summed E-state index contributed by atoms with van der Waals surface area (Å²) in [5, 5.41) is 2.94. The summed E-state index contributed by atoms with van der Waals surface area (Å²) < 4.78 is 5.27. The van der Waals surface area contributed by atoms with E-state index in [0.717, 1.165) is 5.56 Å². The lowest BCUT2D eigenvalue weighted by atomic mass is 9.95. The van der Waals surface area contributed by atoms with Gasteiger partial charge in [-0.2, -0.15) is 0 Å². The van der Waals surface area contributed by atoms with Crippen molar-refractivity contribution in [3.8, 4) is 5.75 Å². The van der Waals surface area contributed by atoms with Crippen LogP contribution in [0.2, 0.25) is 0 Å². The van der Waals surface area contributed by atoms with Gasteiger partial charge in [0, 0.05) is 24.7 Å². The van der Waals surface area contributed by atoms with E-state index in [4.69, 9.17) is 10.5 Å². The molecule has 0 radical (unpaired) electrons. The minimum absolute atomic E-state index is 0. The number of benzene rings is 2. The fourth-order valence-electron chi connectivity index (χ4n) is 3.30. The third kappa shape index (κ3) is 5.39. The second-order valence-corrected chi connectivity index (χ2v) is 6.76. The number of anilines is 2. The predicted molar refractivity (Wildman–Crippen MR) is 113 cm³/mol. The van der Waals surface area contributed by atoms with Crippen LogP contribution in [-0.4, -0.2) is 36.9 Å². The van der Waals surface area contributed by atoms with E-state index in [1.807, 2.05) is 41.3 Å². The van der Waals surface area contributed by atoms with E-state index in [1.54, 1.807) is 19.2 Å². The van der Waals surface area contributed by atoms with E-state index in [9.17, 15) is 9.59 Å². The largest absolute Gasteiger partial charge is 0.495 e. The molecule has 1 saturated heterocycles. The average molecular weight is 404 g/mol. The first-order valence-electron chi connectivity index (χ1n) is 9.13. The van der Waals surface area contributed by atoms with Crippen molar-refractivity contribution in [1.29, 1.82) is 0 Å². The van der Waals surface area contributed by atoms with Crippen molar-refractivity contribution >= 4 is 35.6 Å². The number of nitrogens with zero attached hydrogens (tertiary/aromatic N) is 1. The fourth-order valence-corrected chi connectivity index (χ4v) is 3.30. The second-order valence-electron chi connectivity index (χ2n) is 6.76. The third-order valence-electron chi connectivity index (χ3n) is 4.92. The standard InChI is InChI=1S/C21H25N3O3.ClH/c1-27-19-5-3-2-4-18(19)23-21(26)16-10-12-24(13-11-16)20(25)14-15-6-8-17(22)9-7-15;/h2-9,16H,10-14,22H2,1H3,(H,23,26);1H. The number of halogens is 1. The molecule has 3 rings (SSSR count). The average Bonchev–Trinajstić information content (AvgIpc) is 2.70. The summed E-state index contributed by atoms with van der Waals surface area (Å²) in [7, 11) is 1.58. The van der Waals surface area contributed by atoms with E-state index >= 15 is 0 Å². The first-order valence-corrected chi connectivity index (χ1v) is 9.13. The van der Waals surface area contributed by atoms with Gasteiger partial charge in [0.15, 0.2) is 0 Å². The number of carbonyl (C=O) groups excluding carboxylic acids is 2. The number of likely N-dealkylation sites (tertiary alicyclic amines) is 1. The van der Waals surface area contributed by atoms with Gasteiger partial charge in [0.05, 0.1) is 19.2 Å². The van der Waals surface area contributed by atoms with Crippen molar-refractivity contribution in [3.63, 3.8) is 0 Å². The smallest absolute Gasteiger partial charge is 0.227 e. The Morgan fingerprint density at radius 2 is 1.75 bits per heavy atom. The van der Waals surface area contributed by atoms with Crippen LogP contribution >= 0.6 is 12.4 Å². The zero-order valence-electron chi connectivity index (χ0n) is 15.9. The lowest BCUT2D eigenvalue weighted by Gasteiger charge is -2.31. The molecule has 0 saturated carbocycles. The number of carbonyl (C=O) groups is 2. The van der Waals surface area contributed by atoms with Crippen LogP contribution in [-0.2, 0) is 16.0 Å². The Kier molecular flexibility index (Phi) is 7.70. The van der Waals surface area contributed by atoms with Gasteiger partial charge < -0.3 is 20.7 Å². The molecule has 2 aromatic carbocycles. The minimum atomic E-state index is -0.101. The van der Waals surface area contributed by atoms with Gasteiger partial charge in [-0.25, -0.2) is 0 Å². The maximum atomic E-state index is 12.6. The van der Waals surface area contributed by atoms with Crippen molar-refractivity contribution in [3.05, 3.63) is 54.1 Å². The van der Waals surface area contributed by atoms with Crippen molar-refractivity contribution < 1.29 is 14.3 Å². The van der Waals surface area contributed by atoms with Crippen LogP contribution < -0.4 is 15.8 Å². The molecule has 2 aromatic rings. The predicted octanol–water partition coefficient (Wildman–Crippen LogP) is 3.12. The van der Waals surface area contributed by atoms with Crippen LogP contribution in [0.5, 0.6) is 5.75 Å². The molecule has 2 amide bonds. The highest BCUT2D eigenvalue weighted by Gasteiger charge is 2.27. The van der Waals surface area contributed by atoms with Crippen LogP contribution in [0.3, 0.4) is 0 Å². The summed E-state index contributed by atoms with van der Waals surface area (Å²) in [5.74, 6) is 0.603. The lowest BCUT2D eigenvalue weighted by molar-refractivity contribution is -0.133. The number of nitrogen functional groups attached to an aromatic ring is 1. The van der Waals surface area contributed by atoms with Gasteiger partial charge in [0.2, 0.25) is 11.8 Å². The van der Waals surface area contributed by atoms with Crippen LogP contribution in [0.1, 0.15) is 18.4 Å². The number of hydrogen-bond acceptors (Lipinski definition) is 4. The summed E-state index contributed by atoms with van der Waals surface area (Å²) in [6.07, 6.45) is 1.68. The van der Waals surface area contributed by atoms with Crippen LogP contribution in [0.25, 0.3) is 0 Å². The number of nitrogens with two attached hydrogens (primary N) is 1. The fraction of sp³-hybridized carbons (Fsp3) is 0.333. The molecule has 0 atom stereocenters. The van der Waals surface area contributed by atoms with Crippen LogP contribution in [0.15, 0.2) is 48.5 Å². The van der Waals surface area contributed by atoms with E-state index in [0.29, 0.717) is 49.5 Å². The summed E-state index contributed by atoms with van der Waals surface area (Å²) in [6.45, 7) is 1.19. The van der Waals surface area contributed by atoms with Gasteiger partial charge in [-0.15, -0.1) is 12.4 Å². The van der Waals surface area contributed by atoms with E-state index < -0.39 is 0 Å². The van der Waals surface area contributed by atoms with Gasteiger partial charge in [0.1, 0.15) is 5.75 Å². The number of ether oxygens (including phenoxy) is 1. The molecule has 0 aromatic heterocycles. The van der Waals surface area contributed by atoms with Crippen molar-refractivity contribution in [2.24, 2.45) is 5.92 Å². The monoisotopic (exact) mass is 403 g/mol. The number of methoxy groups -OCH3 is 1. The summed E-state index contributed by atoms with van der Waals surface area (Å²) in [5.41, 5.74) is 7.99. The highest BCUT2D eigenvalue weighted by Crippen LogP contribution is 2.26. The zero-order valence-corrected chi connectivity index (χ0v) is 16.7. The Labute approximate surface area is 171 Å². The normalized spacial score (nSPS) is 14.1. The number of piperidine rings is 1. The molecule has 1 fully saturated rings. The van der Waals surface area contributed by atoms with E-state index in [1.165, 1.54) is 0 Å². The number of rotatable bonds is 5. The minimum Gasteiger partial charge on any atom is -0.495 e. The molecule has 1 heterocycles. The number of amides is 2. The molecule has 0 unspecified atom stereocenters. The molecule has 7 heteroatoms. The van der Waals surface area contributed by atoms with Crippen LogP contribution in [0, 0.1) is 5.92 Å². The van der Waals surface area contributed by atoms with E-state index in [-0.39, 0.29) is 30.1 Å².